The van der Waals surface area contributed by atoms with Gasteiger partial charge in [-0.25, -0.2) is 5.43 Å². The average Bonchev–Trinajstić information content (AvgIpc) is 2.57. The summed E-state index contributed by atoms with van der Waals surface area (Å²) in [6.45, 7) is 3.96. The fourth-order valence-corrected chi connectivity index (χ4v) is 2.13. The second-order valence-electron chi connectivity index (χ2n) is 5.26. The summed E-state index contributed by atoms with van der Waals surface area (Å²) in [5, 5.41) is 3.85. The topological polar surface area (TPSA) is 50.7 Å². The maximum absolute atomic E-state index is 11.7. The Morgan fingerprint density at radius 2 is 1.92 bits per heavy atom. The lowest BCUT2D eigenvalue weighted by molar-refractivity contribution is -0.123. The van der Waals surface area contributed by atoms with Crippen LogP contribution in [0.2, 0.25) is 0 Å². The number of nitrogens with one attached hydrogen (secondary N) is 1. The molecule has 5 heteroatoms. The van der Waals surface area contributed by atoms with Gasteiger partial charge in [0.2, 0.25) is 0 Å². The third kappa shape index (κ3) is 6.01. The Labute approximate surface area is 150 Å². The van der Waals surface area contributed by atoms with Crippen LogP contribution < -0.4 is 10.2 Å². The van der Waals surface area contributed by atoms with Gasteiger partial charge in [0.15, 0.2) is 6.61 Å². The Hall–Kier alpha value is -2.40. The van der Waals surface area contributed by atoms with E-state index >= 15 is 0 Å². The van der Waals surface area contributed by atoms with Gasteiger partial charge in [-0.15, -0.1) is 0 Å². The van der Waals surface area contributed by atoms with Crippen LogP contribution in [0.3, 0.4) is 0 Å². The number of hydrazone groups is 1. The SMILES string of the molecule is Cc1ccc(OCC(=O)N/N=C\C=C\c2ccc(Br)cc2)cc1C. The van der Waals surface area contributed by atoms with E-state index in [4.69, 9.17) is 4.74 Å². The molecule has 0 aliphatic rings. The zero-order chi connectivity index (χ0) is 17.4. The molecule has 1 amide bonds. The van der Waals surface area contributed by atoms with Gasteiger partial charge >= 0.3 is 0 Å². The molecule has 0 spiro atoms. The van der Waals surface area contributed by atoms with E-state index in [1.165, 1.54) is 11.8 Å². The Kier molecular flexibility index (Phi) is 6.75. The minimum atomic E-state index is -0.304. The predicted octanol–water partition coefficient (Wildman–Crippen LogP) is 4.26. The molecule has 0 fully saturated rings. The lowest BCUT2D eigenvalue weighted by Crippen LogP contribution is -2.24. The van der Waals surface area contributed by atoms with Crippen molar-refractivity contribution >= 4 is 34.1 Å². The molecule has 0 atom stereocenters. The van der Waals surface area contributed by atoms with E-state index in [1.54, 1.807) is 6.08 Å². The number of halogens is 1. The molecule has 1 N–H and O–H groups in total. The van der Waals surface area contributed by atoms with E-state index in [-0.39, 0.29) is 12.5 Å². The summed E-state index contributed by atoms with van der Waals surface area (Å²) < 4.78 is 6.46. The zero-order valence-corrected chi connectivity index (χ0v) is 15.2. The van der Waals surface area contributed by atoms with Gasteiger partial charge in [0.05, 0.1) is 0 Å². The van der Waals surface area contributed by atoms with Crippen LogP contribution in [0.1, 0.15) is 16.7 Å². The maximum atomic E-state index is 11.7. The van der Waals surface area contributed by atoms with Gasteiger partial charge < -0.3 is 4.74 Å². The molecule has 0 aromatic heterocycles. The highest BCUT2D eigenvalue weighted by Crippen LogP contribution is 2.16. The maximum Gasteiger partial charge on any atom is 0.277 e. The van der Waals surface area contributed by atoms with Crippen LogP contribution in [-0.4, -0.2) is 18.7 Å². The first-order valence-corrected chi connectivity index (χ1v) is 8.28. The molecule has 0 aliphatic heterocycles. The number of allylic oxidation sites excluding steroid dienone is 1. The average molecular weight is 387 g/mol. The number of nitrogens with zero attached hydrogens (tertiary/aromatic N) is 1. The highest BCUT2D eigenvalue weighted by atomic mass is 79.9. The van der Waals surface area contributed by atoms with Gasteiger partial charge in [0.25, 0.3) is 5.91 Å². The first-order chi connectivity index (χ1) is 11.5. The fourth-order valence-electron chi connectivity index (χ4n) is 1.87. The summed E-state index contributed by atoms with van der Waals surface area (Å²) in [6.07, 6.45) is 5.18. The number of carbonyl (C=O) groups is 1. The Balaban J connectivity index is 1.74. The van der Waals surface area contributed by atoms with Gasteiger partial charge in [0, 0.05) is 10.7 Å². The van der Waals surface area contributed by atoms with Crippen molar-refractivity contribution in [1.82, 2.24) is 5.43 Å². The minimum Gasteiger partial charge on any atom is -0.484 e. The molecule has 4 nitrogen and oxygen atoms in total. The van der Waals surface area contributed by atoms with Crippen LogP contribution in [0, 0.1) is 13.8 Å². The fraction of sp³-hybridized carbons (Fsp3) is 0.158. The van der Waals surface area contributed by atoms with E-state index in [0.717, 1.165) is 15.6 Å². The number of rotatable bonds is 6. The summed E-state index contributed by atoms with van der Waals surface area (Å²) in [6, 6.07) is 13.6. The number of amides is 1. The van der Waals surface area contributed by atoms with Gasteiger partial charge in [-0.2, -0.15) is 5.10 Å². The molecule has 0 unspecified atom stereocenters. The number of aryl methyl sites for hydroxylation is 2. The minimum absolute atomic E-state index is 0.0731. The van der Waals surface area contributed by atoms with E-state index in [2.05, 4.69) is 26.5 Å². The molecule has 0 radical (unpaired) electrons. The van der Waals surface area contributed by atoms with Crippen LogP contribution in [0.4, 0.5) is 0 Å². The van der Waals surface area contributed by atoms with E-state index in [9.17, 15) is 4.79 Å². The number of ether oxygens (including phenoxy) is 1. The first-order valence-electron chi connectivity index (χ1n) is 7.49. The summed E-state index contributed by atoms with van der Waals surface area (Å²) in [4.78, 5) is 11.7. The number of carbonyl (C=O) groups excluding carboxylic acids is 1. The van der Waals surface area contributed by atoms with Crippen LogP contribution >= 0.6 is 15.9 Å². The zero-order valence-electron chi connectivity index (χ0n) is 13.6. The molecule has 2 rings (SSSR count). The standard InChI is InChI=1S/C19H19BrN2O2/c1-14-5-10-18(12-15(14)2)24-13-19(23)22-21-11-3-4-16-6-8-17(20)9-7-16/h3-12H,13H2,1-2H3,(H,22,23)/b4-3+,21-11-. The van der Waals surface area contributed by atoms with Crippen LogP contribution in [-0.2, 0) is 4.79 Å². The van der Waals surface area contributed by atoms with Crippen molar-refractivity contribution in [3.8, 4) is 5.75 Å². The van der Waals surface area contributed by atoms with Gasteiger partial charge in [-0.3, -0.25) is 4.79 Å². The van der Waals surface area contributed by atoms with Gasteiger partial charge in [0.1, 0.15) is 5.75 Å². The number of benzene rings is 2. The second-order valence-corrected chi connectivity index (χ2v) is 6.17. The molecule has 0 heterocycles. The second kappa shape index (κ2) is 9.03. The highest BCUT2D eigenvalue weighted by Gasteiger charge is 2.02. The normalized spacial score (nSPS) is 11.1. The van der Waals surface area contributed by atoms with Crippen molar-refractivity contribution in [3.05, 3.63) is 69.7 Å². The smallest absolute Gasteiger partial charge is 0.277 e. The largest absolute Gasteiger partial charge is 0.484 e. The van der Waals surface area contributed by atoms with Crippen molar-refractivity contribution in [2.75, 3.05) is 6.61 Å². The van der Waals surface area contributed by atoms with Crippen molar-refractivity contribution in [3.63, 3.8) is 0 Å². The molecule has 2 aromatic rings. The summed E-state index contributed by atoms with van der Waals surface area (Å²) in [5.41, 5.74) is 5.79. The molecule has 0 saturated heterocycles. The molecule has 124 valence electrons. The van der Waals surface area contributed by atoms with Crippen molar-refractivity contribution in [2.45, 2.75) is 13.8 Å². The number of hydrogen-bond donors (Lipinski definition) is 1. The summed E-state index contributed by atoms with van der Waals surface area (Å²) >= 11 is 3.38. The van der Waals surface area contributed by atoms with Crippen molar-refractivity contribution in [2.24, 2.45) is 5.10 Å². The summed E-state index contributed by atoms with van der Waals surface area (Å²) in [7, 11) is 0. The van der Waals surface area contributed by atoms with Crippen LogP contribution in [0.25, 0.3) is 6.08 Å². The Morgan fingerprint density at radius 3 is 2.62 bits per heavy atom. The molecule has 0 aliphatic carbocycles. The van der Waals surface area contributed by atoms with Crippen molar-refractivity contribution in [1.29, 1.82) is 0 Å². The third-order valence-electron chi connectivity index (χ3n) is 3.36. The third-order valence-corrected chi connectivity index (χ3v) is 3.89. The summed E-state index contributed by atoms with van der Waals surface area (Å²) in [5.74, 6) is 0.369. The molecule has 2 aromatic carbocycles. The lowest BCUT2D eigenvalue weighted by Gasteiger charge is -2.07. The van der Waals surface area contributed by atoms with Crippen LogP contribution in [0.5, 0.6) is 5.75 Å². The molecule has 0 bridgehead atoms. The van der Waals surface area contributed by atoms with Gasteiger partial charge in [-0.1, -0.05) is 40.2 Å². The van der Waals surface area contributed by atoms with Crippen molar-refractivity contribution < 1.29 is 9.53 Å². The highest BCUT2D eigenvalue weighted by molar-refractivity contribution is 9.10. The van der Waals surface area contributed by atoms with E-state index in [1.807, 2.05) is 62.4 Å². The Morgan fingerprint density at radius 1 is 1.17 bits per heavy atom. The predicted molar refractivity (Wildman–Crippen MR) is 101 cm³/mol. The van der Waals surface area contributed by atoms with Crippen LogP contribution in [0.15, 0.2) is 58.1 Å². The van der Waals surface area contributed by atoms with E-state index < -0.39 is 0 Å². The molecule has 0 saturated carbocycles. The quantitative estimate of drug-likeness (QED) is 0.595. The molecule has 24 heavy (non-hydrogen) atoms. The lowest BCUT2D eigenvalue weighted by atomic mass is 10.1. The Bertz CT molecular complexity index is 752. The van der Waals surface area contributed by atoms with E-state index in [0.29, 0.717) is 5.75 Å². The molecular formula is C19H19BrN2O2. The monoisotopic (exact) mass is 386 g/mol. The number of hydrogen-bond acceptors (Lipinski definition) is 3. The first kappa shape index (κ1) is 17.9. The molecular weight excluding hydrogens is 368 g/mol. The van der Waals surface area contributed by atoms with Gasteiger partial charge in [-0.05, 0) is 60.9 Å².